The Balaban J connectivity index is 1.61. The Labute approximate surface area is 134 Å². The highest BCUT2D eigenvalue weighted by molar-refractivity contribution is 7.99. The van der Waals surface area contributed by atoms with E-state index in [1.807, 2.05) is 30.3 Å². The average Bonchev–Trinajstić information content (AvgIpc) is 2.54. The second-order valence-electron chi connectivity index (χ2n) is 5.38. The lowest BCUT2D eigenvalue weighted by atomic mass is 9.77. The topological polar surface area (TPSA) is 49.3 Å². The van der Waals surface area contributed by atoms with E-state index < -0.39 is 0 Å². The van der Waals surface area contributed by atoms with Gasteiger partial charge in [0.2, 0.25) is 0 Å². The first-order valence-electron chi connectivity index (χ1n) is 7.48. The SMILES string of the molecule is O=C(NCC1Cc2ccccc21)c1ccccc1SCCO. The van der Waals surface area contributed by atoms with Gasteiger partial charge in [0.25, 0.3) is 5.91 Å². The van der Waals surface area contributed by atoms with Crippen LogP contribution in [0.1, 0.15) is 27.4 Å². The minimum Gasteiger partial charge on any atom is -0.396 e. The maximum atomic E-state index is 12.4. The maximum Gasteiger partial charge on any atom is 0.252 e. The number of hydrogen-bond donors (Lipinski definition) is 2. The van der Waals surface area contributed by atoms with Crippen LogP contribution in [0.25, 0.3) is 0 Å². The maximum absolute atomic E-state index is 12.4. The van der Waals surface area contributed by atoms with E-state index in [-0.39, 0.29) is 12.5 Å². The zero-order valence-electron chi connectivity index (χ0n) is 12.3. The summed E-state index contributed by atoms with van der Waals surface area (Å²) in [6.45, 7) is 0.786. The molecule has 1 unspecified atom stereocenters. The van der Waals surface area contributed by atoms with Crippen LogP contribution in [0.4, 0.5) is 0 Å². The highest BCUT2D eigenvalue weighted by Crippen LogP contribution is 2.34. The Morgan fingerprint density at radius 2 is 1.95 bits per heavy atom. The lowest BCUT2D eigenvalue weighted by molar-refractivity contribution is 0.0947. The van der Waals surface area contributed by atoms with Crippen molar-refractivity contribution in [3.8, 4) is 0 Å². The molecule has 0 bridgehead atoms. The molecular weight excluding hydrogens is 294 g/mol. The molecule has 1 aliphatic rings. The number of hydrogen-bond acceptors (Lipinski definition) is 3. The molecule has 2 aromatic rings. The van der Waals surface area contributed by atoms with Gasteiger partial charge in [0.1, 0.15) is 0 Å². The van der Waals surface area contributed by atoms with Gasteiger partial charge < -0.3 is 10.4 Å². The molecule has 3 rings (SSSR count). The number of aliphatic hydroxyl groups is 1. The van der Waals surface area contributed by atoms with E-state index in [2.05, 4.69) is 23.5 Å². The summed E-state index contributed by atoms with van der Waals surface area (Å²) in [5.41, 5.74) is 3.43. The quantitative estimate of drug-likeness (QED) is 0.806. The molecule has 0 aliphatic heterocycles. The van der Waals surface area contributed by atoms with Gasteiger partial charge in [-0.05, 0) is 29.7 Å². The van der Waals surface area contributed by atoms with Gasteiger partial charge in [-0.2, -0.15) is 0 Å². The summed E-state index contributed by atoms with van der Waals surface area (Å²) in [4.78, 5) is 13.3. The lowest BCUT2D eigenvalue weighted by Gasteiger charge is -2.30. The monoisotopic (exact) mass is 313 g/mol. The zero-order chi connectivity index (χ0) is 15.4. The molecule has 2 aromatic carbocycles. The van der Waals surface area contributed by atoms with Gasteiger partial charge in [0.15, 0.2) is 0 Å². The van der Waals surface area contributed by atoms with Crippen molar-refractivity contribution >= 4 is 17.7 Å². The molecule has 1 amide bonds. The third-order valence-electron chi connectivity index (χ3n) is 3.95. The van der Waals surface area contributed by atoms with E-state index in [9.17, 15) is 4.79 Å². The van der Waals surface area contributed by atoms with Crippen LogP contribution in [0.2, 0.25) is 0 Å². The Hall–Kier alpha value is -1.78. The molecule has 0 saturated heterocycles. The van der Waals surface area contributed by atoms with E-state index in [1.165, 1.54) is 22.9 Å². The number of carbonyl (C=O) groups excluding carboxylic acids is 1. The van der Waals surface area contributed by atoms with Crippen LogP contribution < -0.4 is 5.32 Å². The fourth-order valence-electron chi connectivity index (χ4n) is 2.79. The van der Waals surface area contributed by atoms with E-state index in [0.717, 1.165) is 11.3 Å². The summed E-state index contributed by atoms with van der Waals surface area (Å²) in [5.74, 6) is 0.989. The van der Waals surface area contributed by atoms with Crippen LogP contribution in [0.5, 0.6) is 0 Å². The van der Waals surface area contributed by atoms with Crippen molar-refractivity contribution in [1.82, 2.24) is 5.32 Å². The summed E-state index contributed by atoms with van der Waals surface area (Å²) in [6.07, 6.45) is 1.04. The Bertz CT molecular complexity index is 672. The lowest BCUT2D eigenvalue weighted by Crippen LogP contribution is -2.33. The first kappa shape index (κ1) is 15.1. The van der Waals surface area contributed by atoms with Crippen molar-refractivity contribution < 1.29 is 9.90 Å². The van der Waals surface area contributed by atoms with Crippen molar-refractivity contribution in [3.05, 3.63) is 65.2 Å². The molecule has 1 aliphatic carbocycles. The molecule has 22 heavy (non-hydrogen) atoms. The number of aliphatic hydroxyl groups excluding tert-OH is 1. The molecular formula is C18H19NO2S. The third kappa shape index (κ3) is 3.18. The molecule has 0 aromatic heterocycles. The van der Waals surface area contributed by atoms with Crippen LogP contribution in [0.3, 0.4) is 0 Å². The standard InChI is InChI=1S/C18H19NO2S/c20-9-10-22-17-8-4-3-7-16(17)18(21)19-12-14-11-13-5-1-2-6-15(13)14/h1-8,14,20H,9-12H2,(H,19,21). The van der Waals surface area contributed by atoms with Crippen molar-refractivity contribution in [2.75, 3.05) is 18.9 Å². The first-order chi connectivity index (χ1) is 10.8. The molecule has 0 heterocycles. The van der Waals surface area contributed by atoms with Gasteiger partial charge in [0, 0.05) is 23.1 Å². The van der Waals surface area contributed by atoms with E-state index in [4.69, 9.17) is 5.11 Å². The second kappa shape index (κ2) is 6.99. The highest BCUT2D eigenvalue weighted by atomic mass is 32.2. The fraction of sp³-hybridized carbons (Fsp3) is 0.278. The van der Waals surface area contributed by atoms with Crippen LogP contribution in [-0.4, -0.2) is 29.9 Å². The van der Waals surface area contributed by atoms with Crippen LogP contribution in [-0.2, 0) is 6.42 Å². The normalized spacial score (nSPS) is 15.8. The van der Waals surface area contributed by atoms with Gasteiger partial charge in [-0.15, -0.1) is 11.8 Å². The molecule has 1 atom stereocenters. The molecule has 2 N–H and O–H groups in total. The van der Waals surface area contributed by atoms with Gasteiger partial charge in [0.05, 0.1) is 12.2 Å². The van der Waals surface area contributed by atoms with Gasteiger partial charge >= 0.3 is 0 Å². The van der Waals surface area contributed by atoms with E-state index in [0.29, 0.717) is 23.8 Å². The average molecular weight is 313 g/mol. The smallest absolute Gasteiger partial charge is 0.252 e. The van der Waals surface area contributed by atoms with Crippen molar-refractivity contribution in [2.24, 2.45) is 0 Å². The number of thioether (sulfide) groups is 1. The molecule has 0 fully saturated rings. The largest absolute Gasteiger partial charge is 0.396 e. The number of nitrogens with one attached hydrogen (secondary N) is 1. The number of carbonyl (C=O) groups is 1. The van der Waals surface area contributed by atoms with Crippen LogP contribution >= 0.6 is 11.8 Å². The minimum atomic E-state index is -0.0366. The zero-order valence-corrected chi connectivity index (χ0v) is 13.1. The van der Waals surface area contributed by atoms with E-state index in [1.54, 1.807) is 0 Å². The number of amides is 1. The summed E-state index contributed by atoms with van der Waals surface area (Å²) in [7, 11) is 0. The number of fused-ring (bicyclic) bond motifs is 1. The van der Waals surface area contributed by atoms with E-state index >= 15 is 0 Å². The molecule has 0 radical (unpaired) electrons. The summed E-state index contributed by atoms with van der Waals surface area (Å²) in [5, 5.41) is 12.0. The summed E-state index contributed by atoms with van der Waals surface area (Å²) >= 11 is 1.51. The van der Waals surface area contributed by atoms with Gasteiger partial charge in [-0.1, -0.05) is 36.4 Å². The van der Waals surface area contributed by atoms with Crippen LogP contribution in [0.15, 0.2) is 53.4 Å². The predicted molar refractivity (Wildman–Crippen MR) is 89.5 cm³/mol. The van der Waals surface area contributed by atoms with Crippen LogP contribution in [0, 0.1) is 0 Å². The predicted octanol–water partition coefficient (Wildman–Crippen LogP) is 2.84. The Kier molecular flexibility index (Phi) is 4.80. The number of benzene rings is 2. The molecule has 4 heteroatoms. The van der Waals surface area contributed by atoms with Crippen molar-refractivity contribution in [3.63, 3.8) is 0 Å². The molecule has 0 saturated carbocycles. The number of rotatable bonds is 6. The molecule has 3 nitrogen and oxygen atoms in total. The Morgan fingerprint density at radius 3 is 2.77 bits per heavy atom. The van der Waals surface area contributed by atoms with Crippen molar-refractivity contribution in [1.29, 1.82) is 0 Å². The summed E-state index contributed by atoms with van der Waals surface area (Å²) in [6, 6.07) is 15.9. The fourth-order valence-corrected chi connectivity index (χ4v) is 3.59. The third-order valence-corrected chi connectivity index (χ3v) is 5.00. The second-order valence-corrected chi connectivity index (χ2v) is 6.51. The first-order valence-corrected chi connectivity index (χ1v) is 8.47. The highest BCUT2D eigenvalue weighted by Gasteiger charge is 2.25. The Morgan fingerprint density at radius 1 is 1.18 bits per heavy atom. The summed E-state index contributed by atoms with van der Waals surface area (Å²) < 4.78 is 0. The van der Waals surface area contributed by atoms with Crippen molar-refractivity contribution in [2.45, 2.75) is 17.2 Å². The van der Waals surface area contributed by atoms with Gasteiger partial charge in [-0.25, -0.2) is 0 Å². The molecule has 114 valence electrons. The molecule has 0 spiro atoms. The van der Waals surface area contributed by atoms with Gasteiger partial charge in [-0.3, -0.25) is 4.79 Å². The minimum absolute atomic E-state index is 0.0366.